The van der Waals surface area contributed by atoms with Crippen molar-refractivity contribution in [2.75, 3.05) is 0 Å². The number of pyridine rings is 1. The lowest BCUT2D eigenvalue weighted by Crippen LogP contribution is -2.06. The van der Waals surface area contributed by atoms with Crippen LogP contribution in [0.5, 0.6) is 0 Å². The van der Waals surface area contributed by atoms with Gasteiger partial charge in [-0.15, -0.1) is 0 Å². The van der Waals surface area contributed by atoms with Gasteiger partial charge < -0.3 is 0 Å². The smallest absolute Gasteiger partial charge is 0.254 e. The SMILES string of the molecule is Cc1c(Cl)cnc2c(C(F)(F)F)cccc12. The molecular weight excluding hydrogens is 239 g/mol. The van der Waals surface area contributed by atoms with Crippen LogP contribution in [0.2, 0.25) is 5.02 Å². The quantitative estimate of drug-likeness (QED) is 0.677. The molecule has 0 aliphatic carbocycles. The number of benzene rings is 1. The molecule has 0 spiro atoms. The number of aromatic nitrogens is 1. The third-order valence-electron chi connectivity index (χ3n) is 2.41. The summed E-state index contributed by atoms with van der Waals surface area (Å²) in [6, 6.07) is 3.96. The number of hydrogen-bond donors (Lipinski definition) is 0. The second-order valence-electron chi connectivity index (χ2n) is 3.43. The first-order valence-electron chi connectivity index (χ1n) is 4.52. The molecule has 2 rings (SSSR count). The van der Waals surface area contributed by atoms with Crippen molar-refractivity contribution in [3.63, 3.8) is 0 Å². The van der Waals surface area contributed by atoms with E-state index in [0.29, 0.717) is 16.0 Å². The van der Waals surface area contributed by atoms with E-state index < -0.39 is 11.7 Å². The molecule has 0 unspecified atom stereocenters. The Morgan fingerprint density at radius 3 is 2.56 bits per heavy atom. The normalized spacial score (nSPS) is 12.1. The fraction of sp³-hybridized carbons (Fsp3) is 0.182. The van der Waals surface area contributed by atoms with Crippen LogP contribution in [0.1, 0.15) is 11.1 Å². The van der Waals surface area contributed by atoms with Crippen molar-refractivity contribution in [1.29, 1.82) is 0 Å². The molecule has 0 bridgehead atoms. The van der Waals surface area contributed by atoms with Gasteiger partial charge in [0.2, 0.25) is 0 Å². The number of hydrogen-bond acceptors (Lipinski definition) is 1. The molecule has 0 N–H and O–H groups in total. The molecule has 84 valence electrons. The highest BCUT2D eigenvalue weighted by molar-refractivity contribution is 6.32. The average molecular weight is 246 g/mol. The summed E-state index contributed by atoms with van der Waals surface area (Å²) in [6.07, 6.45) is -3.15. The third kappa shape index (κ3) is 1.73. The molecule has 5 heteroatoms. The molecule has 1 aromatic heterocycles. The number of nitrogens with zero attached hydrogens (tertiary/aromatic N) is 1. The van der Waals surface area contributed by atoms with E-state index in [9.17, 15) is 13.2 Å². The standard InChI is InChI=1S/C11H7ClF3N/c1-6-7-3-2-4-8(11(13,14)15)10(7)16-5-9(6)12/h2-5H,1H3. The Bertz CT molecular complexity index is 549. The van der Waals surface area contributed by atoms with E-state index in [4.69, 9.17) is 11.6 Å². The van der Waals surface area contributed by atoms with Crippen LogP contribution < -0.4 is 0 Å². The van der Waals surface area contributed by atoms with E-state index in [0.717, 1.165) is 6.07 Å². The van der Waals surface area contributed by atoms with Crippen LogP contribution in [0.25, 0.3) is 10.9 Å². The third-order valence-corrected chi connectivity index (χ3v) is 2.79. The fourth-order valence-corrected chi connectivity index (χ4v) is 1.71. The Kier molecular flexibility index (Phi) is 2.54. The number of alkyl halides is 3. The predicted octanol–water partition coefficient (Wildman–Crippen LogP) is 4.22. The van der Waals surface area contributed by atoms with Gasteiger partial charge in [-0.1, -0.05) is 23.7 Å². The van der Waals surface area contributed by atoms with Crippen LogP contribution in [0, 0.1) is 6.92 Å². The van der Waals surface area contributed by atoms with E-state index in [2.05, 4.69) is 4.98 Å². The summed E-state index contributed by atoms with van der Waals surface area (Å²) in [4.78, 5) is 3.76. The van der Waals surface area contributed by atoms with Gasteiger partial charge in [0, 0.05) is 11.6 Å². The molecule has 0 saturated heterocycles. The number of fused-ring (bicyclic) bond motifs is 1. The fourth-order valence-electron chi connectivity index (χ4n) is 1.56. The summed E-state index contributed by atoms with van der Waals surface area (Å²) in [7, 11) is 0. The zero-order valence-corrected chi connectivity index (χ0v) is 9.02. The Morgan fingerprint density at radius 2 is 1.94 bits per heavy atom. The average Bonchev–Trinajstić information content (AvgIpc) is 2.21. The summed E-state index contributed by atoms with van der Waals surface area (Å²) in [6.45, 7) is 1.67. The number of para-hydroxylation sites is 1. The van der Waals surface area contributed by atoms with Crippen molar-refractivity contribution in [2.24, 2.45) is 0 Å². The van der Waals surface area contributed by atoms with Gasteiger partial charge in [-0.2, -0.15) is 13.2 Å². The van der Waals surface area contributed by atoms with E-state index in [1.807, 2.05) is 0 Å². The highest BCUT2D eigenvalue weighted by Crippen LogP contribution is 2.35. The molecule has 0 aliphatic heterocycles. The van der Waals surface area contributed by atoms with Gasteiger partial charge in [-0.05, 0) is 18.6 Å². The predicted molar refractivity (Wildman–Crippen MR) is 56.5 cm³/mol. The molecule has 1 aromatic carbocycles. The summed E-state index contributed by atoms with van der Waals surface area (Å²) in [5.41, 5.74) is -0.181. The molecule has 0 saturated carbocycles. The maximum Gasteiger partial charge on any atom is 0.418 e. The van der Waals surface area contributed by atoms with Crippen LogP contribution in [0.4, 0.5) is 13.2 Å². The number of rotatable bonds is 0. The van der Waals surface area contributed by atoms with E-state index >= 15 is 0 Å². The molecule has 0 atom stereocenters. The summed E-state index contributed by atoms with van der Waals surface area (Å²) in [5, 5.41) is 0.800. The maximum atomic E-state index is 12.7. The van der Waals surface area contributed by atoms with Crippen LogP contribution in [-0.4, -0.2) is 4.98 Å². The molecule has 16 heavy (non-hydrogen) atoms. The summed E-state index contributed by atoms with van der Waals surface area (Å²) >= 11 is 5.81. The molecular formula is C11H7ClF3N. The zero-order chi connectivity index (χ0) is 11.9. The topological polar surface area (TPSA) is 12.9 Å². The molecule has 0 radical (unpaired) electrons. The minimum atomic E-state index is -4.40. The Morgan fingerprint density at radius 1 is 1.25 bits per heavy atom. The second kappa shape index (κ2) is 3.63. The van der Waals surface area contributed by atoms with Crippen molar-refractivity contribution in [1.82, 2.24) is 4.98 Å². The van der Waals surface area contributed by atoms with Gasteiger partial charge in [-0.3, -0.25) is 4.98 Å². The van der Waals surface area contributed by atoms with Crippen LogP contribution in [-0.2, 0) is 6.18 Å². The molecule has 0 fully saturated rings. The molecule has 2 aromatic rings. The van der Waals surface area contributed by atoms with Crippen molar-refractivity contribution >= 4 is 22.5 Å². The van der Waals surface area contributed by atoms with Crippen molar-refractivity contribution < 1.29 is 13.2 Å². The summed E-state index contributed by atoms with van der Waals surface area (Å²) < 4.78 is 38.0. The minimum Gasteiger partial charge on any atom is -0.254 e. The Hall–Kier alpha value is -1.29. The van der Waals surface area contributed by atoms with Gasteiger partial charge in [0.1, 0.15) is 0 Å². The van der Waals surface area contributed by atoms with Crippen LogP contribution in [0.15, 0.2) is 24.4 Å². The highest BCUT2D eigenvalue weighted by Gasteiger charge is 2.33. The lowest BCUT2D eigenvalue weighted by Gasteiger charge is -2.11. The molecule has 1 heterocycles. The zero-order valence-electron chi connectivity index (χ0n) is 8.27. The highest BCUT2D eigenvalue weighted by atomic mass is 35.5. The van der Waals surface area contributed by atoms with Gasteiger partial charge in [0.15, 0.2) is 0 Å². The van der Waals surface area contributed by atoms with Gasteiger partial charge in [-0.25, -0.2) is 0 Å². The molecule has 1 nitrogen and oxygen atoms in total. The lowest BCUT2D eigenvalue weighted by atomic mass is 10.1. The van der Waals surface area contributed by atoms with Gasteiger partial charge in [0.05, 0.1) is 16.1 Å². The monoisotopic (exact) mass is 245 g/mol. The first-order chi connectivity index (χ1) is 7.41. The Labute approximate surface area is 94.9 Å². The molecule has 0 aliphatic rings. The van der Waals surface area contributed by atoms with E-state index in [1.54, 1.807) is 13.0 Å². The Balaban J connectivity index is 2.85. The first kappa shape index (κ1) is 11.2. The maximum absolute atomic E-state index is 12.7. The second-order valence-corrected chi connectivity index (χ2v) is 3.84. The molecule has 0 amide bonds. The van der Waals surface area contributed by atoms with Crippen LogP contribution in [0.3, 0.4) is 0 Å². The number of halogens is 4. The first-order valence-corrected chi connectivity index (χ1v) is 4.90. The van der Waals surface area contributed by atoms with E-state index in [1.165, 1.54) is 12.3 Å². The largest absolute Gasteiger partial charge is 0.418 e. The van der Waals surface area contributed by atoms with Gasteiger partial charge in [0.25, 0.3) is 0 Å². The number of aryl methyl sites for hydroxylation is 1. The van der Waals surface area contributed by atoms with Crippen molar-refractivity contribution in [2.45, 2.75) is 13.1 Å². The van der Waals surface area contributed by atoms with Crippen molar-refractivity contribution in [3.05, 3.63) is 40.5 Å². The van der Waals surface area contributed by atoms with Gasteiger partial charge >= 0.3 is 6.18 Å². The van der Waals surface area contributed by atoms with Crippen molar-refractivity contribution in [3.8, 4) is 0 Å². The van der Waals surface area contributed by atoms with Crippen LogP contribution >= 0.6 is 11.6 Å². The van der Waals surface area contributed by atoms with E-state index in [-0.39, 0.29) is 5.52 Å². The lowest BCUT2D eigenvalue weighted by molar-refractivity contribution is -0.136. The minimum absolute atomic E-state index is 0.0584. The summed E-state index contributed by atoms with van der Waals surface area (Å²) in [5.74, 6) is 0.